The van der Waals surface area contributed by atoms with E-state index in [1.807, 2.05) is 0 Å². The summed E-state index contributed by atoms with van der Waals surface area (Å²) in [5.41, 5.74) is 0.585. The molecule has 270 valence electrons. The van der Waals surface area contributed by atoms with Crippen LogP contribution in [0.3, 0.4) is 0 Å². The average molecular weight is 753 g/mol. The second-order valence-electron chi connectivity index (χ2n) is 11.7. The summed E-state index contributed by atoms with van der Waals surface area (Å²) in [5, 5.41) is 16.9. The minimum absolute atomic E-state index is 0.0457. The number of amides is 1. The van der Waals surface area contributed by atoms with E-state index in [0.29, 0.717) is 11.8 Å². The van der Waals surface area contributed by atoms with Gasteiger partial charge in [0.25, 0.3) is 5.56 Å². The number of carboxylic acid groups (broad SMARTS) is 1. The van der Waals surface area contributed by atoms with Crippen LogP contribution in [0.15, 0.2) is 77.6 Å². The zero-order chi connectivity index (χ0) is 37.3. The maximum atomic E-state index is 14.6. The molecule has 3 N–H and O–H groups in total. The number of rotatable bonds is 12. The molecule has 1 atom stereocenters. The van der Waals surface area contributed by atoms with E-state index in [-0.39, 0.29) is 74.1 Å². The molecule has 0 unspecified atom stereocenters. The number of carbonyl (C=O) groups is 1. The standard InChI is InChI=1S/C35H31ClF2N6O7S/c1-43-31-27(12-11-24(36)29(31)32(41-43)42-52(48,49)14-13-19-7-9-23(50-2)10-8-19)44-33(39-25-5-4-6-28(51-3)30(25)34(44)45)26(40-35(46)47)17-20-15-21(37)18-22(38)16-20/h4-12,15-16,18,26,40H,13-14,17H2,1-3H3,(H,41,42)(H,46,47)/t26-/m0/s1. The number of aromatic nitrogens is 4. The number of nitrogens with zero attached hydrogens (tertiary/aromatic N) is 4. The highest BCUT2D eigenvalue weighted by atomic mass is 35.5. The zero-order valence-corrected chi connectivity index (χ0v) is 29.4. The van der Waals surface area contributed by atoms with Crippen LogP contribution < -0.4 is 25.1 Å². The van der Waals surface area contributed by atoms with Gasteiger partial charge in [-0.25, -0.2) is 27.0 Å². The Labute approximate surface area is 300 Å². The Morgan fingerprint density at radius 2 is 1.69 bits per heavy atom. The van der Waals surface area contributed by atoms with Crippen LogP contribution in [0.5, 0.6) is 11.5 Å². The van der Waals surface area contributed by atoms with Crippen LogP contribution in [0.2, 0.25) is 5.02 Å². The van der Waals surface area contributed by atoms with E-state index in [2.05, 4.69) is 15.1 Å². The second-order valence-corrected chi connectivity index (χ2v) is 14.0. The summed E-state index contributed by atoms with van der Waals surface area (Å²) in [5.74, 6) is -1.52. The topological polar surface area (TPSA) is 167 Å². The number of aryl methyl sites for hydroxylation is 2. The Hall–Kier alpha value is -5.74. The normalized spacial score (nSPS) is 12.2. The molecule has 0 aliphatic rings. The third-order valence-corrected chi connectivity index (χ3v) is 9.87. The Morgan fingerprint density at radius 1 is 0.981 bits per heavy atom. The largest absolute Gasteiger partial charge is 0.497 e. The molecule has 6 aromatic rings. The lowest BCUT2D eigenvalue weighted by atomic mass is 10.0. The van der Waals surface area contributed by atoms with Crippen LogP contribution in [-0.4, -0.2) is 58.9 Å². The molecule has 0 radical (unpaired) electrons. The molecule has 52 heavy (non-hydrogen) atoms. The first-order valence-electron chi connectivity index (χ1n) is 15.6. The number of hydrogen-bond donors (Lipinski definition) is 3. The van der Waals surface area contributed by atoms with Crippen LogP contribution in [0.1, 0.15) is 23.0 Å². The van der Waals surface area contributed by atoms with Crippen molar-refractivity contribution in [3.63, 3.8) is 0 Å². The summed E-state index contributed by atoms with van der Waals surface area (Å²) >= 11 is 6.67. The van der Waals surface area contributed by atoms with Gasteiger partial charge in [-0.1, -0.05) is 29.8 Å². The highest BCUT2D eigenvalue weighted by molar-refractivity contribution is 7.92. The fraction of sp³-hybridized carbons (Fsp3) is 0.200. The van der Waals surface area contributed by atoms with Crippen molar-refractivity contribution in [2.75, 3.05) is 24.7 Å². The number of fused-ring (bicyclic) bond motifs is 2. The van der Waals surface area contributed by atoms with E-state index >= 15 is 0 Å². The molecule has 0 aliphatic carbocycles. The number of hydrogen-bond acceptors (Lipinski definition) is 8. The molecular weight excluding hydrogens is 722 g/mol. The van der Waals surface area contributed by atoms with Gasteiger partial charge >= 0.3 is 6.09 Å². The van der Waals surface area contributed by atoms with Crippen molar-refractivity contribution in [3.8, 4) is 17.2 Å². The van der Waals surface area contributed by atoms with Crippen LogP contribution in [-0.2, 0) is 29.9 Å². The monoisotopic (exact) mass is 752 g/mol. The Balaban J connectivity index is 1.52. The predicted molar refractivity (Wildman–Crippen MR) is 191 cm³/mol. The fourth-order valence-corrected chi connectivity index (χ4v) is 7.31. The lowest BCUT2D eigenvalue weighted by Gasteiger charge is -2.23. The molecule has 0 saturated carbocycles. The molecule has 0 saturated heterocycles. The van der Waals surface area contributed by atoms with Gasteiger partial charge in [-0.2, -0.15) is 5.10 Å². The number of methoxy groups -OCH3 is 2. The first-order chi connectivity index (χ1) is 24.8. The van der Waals surface area contributed by atoms with Gasteiger partial charge in [0.15, 0.2) is 5.82 Å². The van der Waals surface area contributed by atoms with Gasteiger partial charge in [0.2, 0.25) is 10.0 Å². The van der Waals surface area contributed by atoms with Gasteiger partial charge in [0.05, 0.1) is 53.1 Å². The molecule has 17 heteroatoms. The third-order valence-electron chi connectivity index (χ3n) is 8.30. The van der Waals surface area contributed by atoms with Crippen LogP contribution in [0, 0.1) is 11.6 Å². The van der Waals surface area contributed by atoms with E-state index in [9.17, 15) is 31.9 Å². The maximum Gasteiger partial charge on any atom is 0.405 e. The van der Waals surface area contributed by atoms with Crippen molar-refractivity contribution in [2.45, 2.75) is 18.9 Å². The van der Waals surface area contributed by atoms with Crippen molar-refractivity contribution in [1.29, 1.82) is 0 Å². The van der Waals surface area contributed by atoms with Gasteiger partial charge in [-0.05, 0) is 66.1 Å². The van der Waals surface area contributed by atoms with E-state index in [0.717, 1.165) is 22.3 Å². The van der Waals surface area contributed by atoms with Crippen molar-refractivity contribution in [1.82, 2.24) is 24.6 Å². The summed E-state index contributed by atoms with van der Waals surface area (Å²) in [6.45, 7) is 0. The predicted octanol–water partition coefficient (Wildman–Crippen LogP) is 5.76. The van der Waals surface area contributed by atoms with Crippen LogP contribution >= 0.6 is 11.6 Å². The molecule has 0 spiro atoms. The average Bonchev–Trinajstić information content (AvgIpc) is 3.42. The number of benzene rings is 4. The molecule has 2 heterocycles. The molecule has 6 rings (SSSR count). The van der Waals surface area contributed by atoms with Gasteiger partial charge in [-0.15, -0.1) is 0 Å². The highest BCUT2D eigenvalue weighted by Gasteiger charge is 2.28. The Morgan fingerprint density at radius 3 is 2.35 bits per heavy atom. The Bertz CT molecular complexity index is 2490. The SMILES string of the molecule is COc1ccc(CCS(=O)(=O)Nc2nn(C)c3c(-n4c([C@H](Cc5cc(F)cc(F)c5)NC(=O)O)nc5cccc(OC)c5c4=O)ccc(Cl)c23)cc1. The summed E-state index contributed by atoms with van der Waals surface area (Å²) in [4.78, 5) is 31.4. The third kappa shape index (κ3) is 7.34. The molecule has 2 aromatic heterocycles. The minimum Gasteiger partial charge on any atom is -0.497 e. The summed E-state index contributed by atoms with van der Waals surface area (Å²) in [6, 6.07) is 16.0. The van der Waals surface area contributed by atoms with Crippen molar-refractivity contribution in [2.24, 2.45) is 7.05 Å². The number of halogens is 3. The lowest BCUT2D eigenvalue weighted by Crippen LogP contribution is -2.35. The van der Waals surface area contributed by atoms with Gasteiger partial charge in [0, 0.05) is 19.5 Å². The van der Waals surface area contributed by atoms with E-state index in [1.165, 1.54) is 44.1 Å². The molecule has 0 fully saturated rings. The molecule has 0 bridgehead atoms. The quantitative estimate of drug-likeness (QED) is 0.141. The number of ether oxygens (including phenoxy) is 2. The summed E-state index contributed by atoms with van der Waals surface area (Å²) in [6.07, 6.45) is -1.63. The van der Waals surface area contributed by atoms with Crippen LogP contribution in [0.25, 0.3) is 27.5 Å². The molecule has 0 aliphatic heterocycles. The first-order valence-corrected chi connectivity index (χ1v) is 17.6. The number of nitrogens with one attached hydrogen (secondary N) is 2. The first kappa shape index (κ1) is 36.1. The molecule has 4 aromatic carbocycles. The molecular formula is C35H31ClF2N6O7S. The summed E-state index contributed by atoms with van der Waals surface area (Å²) in [7, 11) is 0.420. The van der Waals surface area contributed by atoms with Gasteiger partial charge in [-0.3, -0.25) is 18.8 Å². The van der Waals surface area contributed by atoms with E-state index in [4.69, 9.17) is 26.1 Å². The van der Waals surface area contributed by atoms with E-state index < -0.39 is 39.4 Å². The minimum atomic E-state index is -3.99. The van der Waals surface area contributed by atoms with Crippen molar-refractivity contribution >= 4 is 55.3 Å². The maximum absolute atomic E-state index is 14.6. The number of anilines is 1. The molecule has 13 nitrogen and oxygen atoms in total. The van der Waals surface area contributed by atoms with Gasteiger partial charge < -0.3 is 19.9 Å². The van der Waals surface area contributed by atoms with Crippen molar-refractivity contribution < 1.29 is 36.6 Å². The number of sulfonamides is 1. The highest BCUT2D eigenvalue weighted by Crippen LogP contribution is 2.36. The Kier molecular flexibility index (Phi) is 10.0. The second kappa shape index (κ2) is 14.5. The smallest absolute Gasteiger partial charge is 0.405 e. The van der Waals surface area contributed by atoms with Gasteiger partial charge in [0.1, 0.15) is 34.3 Å². The van der Waals surface area contributed by atoms with Crippen molar-refractivity contribution in [3.05, 3.63) is 117 Å². The zero-order valence-electron chi connectivity index (χ0n) is 27.9. The molecule has 1 amide bonds. The summed E-state index contributed by atoms with van der Waals surface area (Å²) < 4.78 is 70.7. The van der Waals surface area contributed by atoms with E-state index in [1.54, 1.807) is 36.4 Å². The lowest BCUT2D eigenvalue weighted by molar-refractivity contribution is 0.189. The fourth-order valence-electron chi connectivity index (χ4n) is 6.03. The van der Waals surface area contributed by atoms with Crippen LogP contribution in [0.4, 0.5) is 19.4 Å².